The Balaban J connectivity index is 1.22. The molecule has 0 radical (unpaired) electrons. The molecule has 3 N–H and O–H groups in total. The SMILES string of the molecule is CN(C)[C@H]1C[C@H](Nc2cc(C(=O)NC[C@H](O)CN3CCc4ccccc4C3)ncn2)C1. The Morgan fingerprint density at radius 1 is 1.26 bits per heavy atom. The van der Waals surface area contributed by atoms with Crippen LogP contribution in [0.1, 0.15) is 34.5 Å². The summed E-state index contributed by atoms with van der Waals surface area (Å²) in [7, 11) is 4.18. The molecular formula is C23H32N6O2. The minimum atomic E-state index is -0.633. The lowest BCUT2D eigenvalue weighted by molar-refractivity contribution is 0.0838. The van der Waals surface area contributed by atoms with Gasteiger partial charge in [0.05, 0.1) is 6.10 Å². The second-order valence-electron chi connectivity index (χ2n) is 8.84. The summed E-state index contributed by atoms with van der Waals surface area (Å²) < 4.78 is 0. The number of hydrogen-bond acceptors (Lipinski definition) is 7. The molecule has 2 aromatic rings. The molecule has 1 aliphatic carbocycles. The van der Waals surface area contributed by atoms with Crippen molar-refractivity contribution in [1.82, 2.24) is 25.1 Å². The predicted molar refractivity (Wildman–Crippen MR) is 120 cm³/mol. The van der Waals surface area contributed by atoms with E-state index >= 15 is 0 Å². The molecule has 31 heavy (non-hydrogen) atoms. The van der Waals surface area contributed by atoms with Crippen molar-refractivity contribution in [3.8, 4) is 0 Å². The summed E-state index contributed by atoms with van der Waals surface area (Å²) in [5, 5.41) is 16.6. The van der Waals surface area contributed by atoms with Crippen molar-refractivity contribution >= 4 is 11.7 Å². The third-order valence-corrected chi connectivity index (χ3v) is 6.27. The van der Waals surface area contributed by atoms with Crippen molar-refractivity contribution in [1.29, 1.82) is 0 Å². The van der Waals surface area contributed by atoms with E-state index in [1.54, 1.807) is 6.07 Å². The number of amides is 1. The van der Waals surface area contributed by atoms with Gasteiger partial charge < -0.3 is 20.6 Å². The average Bonchev–Trinajstić information content (AvgIpc) is 2.74. The Morgan fingerprint density at radius 2 is 2.03 bits per heavy atom. The number of aromatic nitrogens is 2. The number of β-amino-alcohol motifs (C(OH)–C–C–N with tert-alkyl or cyclic N) is 1. The quantitative estimate of drug-likeness (QED) is 0.585. The number of rotatable bonds is 8. The van der Waals surface area contributed by atoms with Crippen molar-refractivity contribution in [3.05, 3.63) is 53.5 Å². The fourth-order valence-electron chi connectivity index (χ4n) is 4.27. The van der Waals surface area contributed by atoms with Crippen molar-refractivity contribution in [2.24, 2.45) is 0 Å². The summed E-state index contributed by atoms with van der Waals surface area (Å²) in [6.07, 6.45) is 3.88. The van der Waals surface area contributed by atoms with Gasteiger partial charge in [-0.2, -0.15) is 0 Å². The van der Waals surface area contributed by atoms with E-state index in [4.69, 9.17) is 0 Å². The summed E-state index contributed by atoms with van der Waals surface area (Å²) in [5.41, 5.74) is 3.00. The number of anilines is 1. The fraction of sp³-hybridized carbons (Fsp3) is 0.522. The molecule has 1 aromatic heterocycles. The zero-order valence-corrected chi connectivity index (χ0v) is 18.3. The molecule has 2 aliphatic rings. The van der Waals surface area contributed by atoms with Crippen molar-refractivity contribution in [2.75, 3.05) is 39.0 Å². The van der Waals surface area contributed by atoms with Gasteiger partial charge in [0.2, 0.25) is 0 Å². The minimum Gasteiger partial charge on any atom is -0.390 e. The molecule has 1 aliphatic heterocycles. The Kier molecular flexibility index (Phi) is 6.80. The maximum Gasteiger partial charge on any atom is 0.270 e. The fourth-order valence-corrected chi connectivity index (χ4v) is 4.27. The van der Waals surface area contributed by atoms with E-state index in [0.717, 1.165) is 32.4 Å². The van der Waals surface area contributed by atoms with E-state index in [9.17, 15) is 9.90 Å². The van der Waals surface area contributed by atoms with E-state index in [1.807, 2.05) is 0 Å². The summed E-state index contributed by atoms with van der Waals surface area (Å²) in [4.78, 5) is 25.3. The van der Waals surface area contributed by atoms with Crippen LogP contribution in [-0.4, -0.2) is 82.7 Å². The largest absolute Gasteiger partial charge is 0.390 e. The maximum atomic E-state index is 12.5. The second-order valence-corrected chi connectivity index (χ2v) is 8.84. The number of carbonyl (C=O) groups is 1. The van der Waals surface area contributed by atoms with Gasteiger partial charge in [0, 0.05) is 44.3 Å². The number of nitrogens with one attached hydrogen (secondary N) is 2. The van der Waals surface area contributed by atoms with Gasteiger partial charge in [-0.3, -0.25) is 9.69 Å². The molecule has 0 saturated heterocycles. The smallest absolute Gasteiger partial charge is 0.270 e. The normalized spacial score (nSPS) is 21.8. The van der Waals surface area contributed by atoms with E-state index in [-0.39, 0.29) is 12.5 Å². The summed E-state index contributed by atoms with van der Waals surface area (Å²) in [5.74, 6) is 0.364. The van der Waals surface area contributed by atoms with Crippen LogP contribution in [0.25, 0.3) is 0 Å². The third kappa shape index (κ3) is 5.58. The van der Waals surface area contributed by atoms with Crippen LogP contribution in [0, 0.1) is 0 Å². The van der Waals surface area contributed by atoms with Gasteiger partial charge in [-0.1, -0.05) is 24.3 Å². The molecule has 2 heterocycles. The molecule has 8 nitrogen and oxygen atoms in total. The highest BCUT2D eigenvalue weighted by Crippen LogP contribution is 2.26. The van der Waals surface area contributed by atoms with E-state index in [0.29, 0.717) is 30.1 Å². The standard InChI is InChI=1S/C23H32N6O2/c1-28(2)19-9-18(10-19)27-22-11-21(25-15-26-22)23(31)24-12-20(30)14-29-8-7-16-5-3-4-6-17(16)13-29/h3-6,11,15,18-20,30H,7-10,12-14H2,1-2H3,(H,24,31)(H,25,26,27)/t18-,19-,20-/m0/s1. The first-order valence-electron chi connectivity index (χ1n) is 11.0. The number of nitrogens with zero attached hydrogens (tertiary/aromatic N) is 4. The highest BCUT2D eigenvalue weighted by Gasteiger charge is 2.30. The van der Waals surface area contributed by atoms with Crippen LogP contribution in [0.2, 0.25) is 0 Å². The first-order chi connectivity index (χ1) is 15.0. The molecule has 1 saturated carbocycles. The summed E-state index contributed by atoms with van der Waals surface area (Å²) in [6, 6.07) is 11.1. The lowest BCUT2D eigenvalue weighted by atomic mass is 9.86. The number of carbonyl (C=O) groups excluding carboxylic acids is 1. The van der Waals surface area contributed by atoms with Crippen LogP contribution in [0.4, 0.5) is 5.82 Å². The van der Waals surface area contributed by atoms with Gasteiger partial charge in [0.1, 0.15) is 17.8 Å². The Bertz CT molecular complexity index is 899. The van der Waals surface area contributed by atoms with Gasteiger partial charge in [-0.25, -0.2) is 9.97 Å². The topological polar surface area (TPSA) is 93.6 Å². The highest BCUT2D eigenvalue weighted by atomic mass is 16.3. The van der Waals surface area contributed by atoms with Gasteiger partial charge >= 0.3 is 0 Å². The van der Waals surface area contributed by atoms with E-state index in [1.165, 1.54) is 17.5 Å². The van der Waals surface area contributed by atoms with Gasteiger partial charge in [-0.05, 0) is 44.5 Å². The predicted octanol–water partition coefficient (Wildman–Crippen LogP) is 1.13. The van der Waals surface area contributed by atoms with Crippen LogP contribution >= 0.6 is 0 Å². The molecule has 4 rings (SSSR count). The van der Waals surface area contributed by atoms with Crippen LogP contribution in [0.5, 0.6) is 0 Å². The van der Waals surface area contributed by atoms with Crippen LogP contribution in [-0.2, 0) is 13.0 Å². The van der Waals surface area contributed by atoms with Crippen molar-refractivity contribution in [2.45, 2.75) is 44.0 Å². The molecule has 0 bridgehead atoms. The molecule has 166 valence electrons. The zero-order valence-electron chi connectivity index (χ0n) is 18.3. The zero-order chi connectivity index (χ0) is 21.8. The number of fused-ring (bicyclic) bond motifs is 1. The third-order valence-electron chi connectivity index (χ3n) is 6.27. The van der Waals surface area contributed by atoms with Gasteiger partial charge in [0.25, 0.3) is 5.91 Å². The van der Waals surface area contributed by atoms with Crippen molar-refractivity contribution < 1.29 is 9.90 Å². The molecule has 1 fully saturated rings. The Labute approximate surface area is 183 Å². The van der Waals surface area contributed by atoms with Gasteiger partial charge in [0.15, 0.2) is 0 Å². The molecule has 0 unspecified atom stereocenters. The number of hydrogen-bond donors (Lipinski definition) is 3. The lowest BCUT2D eigenvalue weighted by Gasteiger charge is -2.40. The molecule has 1 amide bonds. The molecule has 0 spiro atoms. The van der Waals surface area contributed by atoms with Crippen LogP contribution in [0.3, 0.4) is 0 Å². The molecule has 8 heteroatoms. The summed E-state index contributed by atoms with van der Waals surface area (Å²) in [6.45, 7) is 2.47. The number of aliphatic hydroxyl groups excluding tert-OH is 1. The molecule has 1 atom stereocenters. The Morgan fingerprint density at radius 3 is 2.81 bits per heavy atom. The van der Waals surface area contributed by atoms with Crippen LogP contribution < -0.4 is 10.6 Å². The average molecular weight is 425 g/mol. The second kappa shape index (κ2) is 9.72. The summed E-state index contributed by atoms with van der Waals surface area (Å²) >= 11 is 0. The van der Waals surface area contributed by atoms with E-state index in [2.05, 4.69) is 68.8 Å². The Hall–Kier alpha value is -2.55. The monoisotopic (exact) mass is 424 g/mol. The molecule has 1 aromatic carbocycles. The number of benzene rings is 1. The first kappa shape index (κ1) is 21.7. The lowest BCUT2D eigenvalue weighted by Crippen LogP contribution is -2.47. The van der Waals surface area contributed by atoms with Gasteiger partial charge in [-0.15, -0.1) is 0 Å². The van der Waals surface area contributed by atoms with Crippen LogP contribution in [0.15, 0.2) is 36.7 Å². The highest BCUT2D eigenvalue weighted by molar-refractivity contribution is 5.92. The maximum absolute atomic E-state index is 12.5. The minimum absolute atomic E-state index is 0.191. The molecular weight excluding hydrogens is 392 g/mol. The number of aliphatic hydroxyl groups is 1. The van der Waals surface area contributed by atoms with Crippen molar-refractivity contribution in [3.63, 3.8) is 0 Å². The van der Waals surface area contributed by atoms with E-state index < -0.39 is 6.10 Å². The first-order valence-corrected chi connectivity index (χ1v) is 11.0.